The van der Waals surface area contributed by atoms with E-state index in [1.54, 1.807) is 4.90 Å². The number of carboxylic acid groups (broad SMARTS) is 1. The predicted molar refractivity (Wildman–Crippen MR) is 77.0 cm³/mol. The summed E-state index contributed by atoms with van der Waals surface area (Å²) in [7, 11) is 0. The number of carbonyl (C=O) groups is 2. The van der Waals surface area contributed by atoms with E-state index < -0.39 is 5.97 Å². The zero-order chi connectivity index (χ0) is 15.8. The van der Waals surface area contributed by atoms with E-state index in [0.29, 0.717) is 32.2 Å². The van der Waals surface area contributed by atoms with Crippen LogP contribution in [0.2, 0.25) is 0 Å². The first kappa shape index (κ1) is 17.7. The Morgan fingerprint density at radius 1 is 1.43 bits per heavy atom. The van der Waals surface area contributed by atoms with Crippen molar-refractivity contribution in [2.45, 2.75) is 32.7 Å². The average molecular weight is 302 g/mol. The van der Waals surface area contributed by atoms with Crippen molar-refractivity contribution in [2.75, 3.05) is 32.9 Å². The summed E-state index contributed by atoms with van der Waals surface area (Å²) in [5.74, 6) is -0.561. The molecule has 0 aromatic heterocycles. The summed E-state index contributed by atoms with van der Waals surface area (Å²) in [6, 6.07) is -0.599. The first-order valence-electron chi connectivity index (χ1n) is 7.38. The highest BCUT2D eigenvalue weighted by Gasteiger charge is 2.27. The molecule has 1 aliphatic heterocycles. The topological polar surface area (TPSA) is 99.1 Å². The largest absolute Gasteiger partial charge is 0.481 e. The van der Waals surface area contributed by atoms with E-state index in [-0.39, 0.29) is 31.0 Å². The number of aliphatic carboxylic acids is 1. The summed E-state index contributed by atoms with van der Waals surface area (Å²) in [4.78, 5) is 24.6. The molecular formula is C14H26N2O5. The molecule has 1 rings (SSSR count). The molecule has 0 spiro atoms. The van der Waals surface area contributed by atoms with Crippen LogP contribution in [0.3, 0.4) is 0 Å². The quantitative estimate of drug-likeness (QED) is 0.637. The third-order valence-corrected chi connectivity index (χ3v) is 3.51. The van der Waals surface area contributed by atoms with Gasteiger partial charge in [-0.2, -0.15) is 0 Å². The lowest BCUT2D eigenvalue weighted by Crippen LogP contribution is -2.54. The van der Waals surface area contributed by atoms with Gasteiger partial charge >= 0.3 is 12.0 Å². The van der Waals surface area contributed by atoms with Gasteiger partial charge in [-0.15, -0.1) is 0 Å². The van der Waals surface area contributed by atoms with Crippen LogP contribution in [0.5, 0.6) is 0 Å². The maximum absolute atomic E-state index is 12.1. The number of urea groups is 1. The van der Waals surface area contributed by atoms with Crippen molar-refractivity contribution in [1.82, 2.24) is 10.2 Å². The molecule has 1 saturated heterocycles. The Labute approximate surface area is 125 Å². The zero-order valence-electron chi connectivity index (χ0n) is 12.7. The Kier molecular flexibility index (Phi) is 7.45. The van der Waals surface area contributed by atoms with Gasteiger partial charge in [0, 0.05) is 19.5 Å². The molecule has 1 fully saturated rings. The van der Waals surface area contributed by atoms with E-state index in [2.05, 4.69) is 5.32 Å². The van der Waals surface area contributed by atoms with Gasteiger partial charge in [0.25, 0.3) is 0 Å². The molecule has 0 aliphatic carbocycles. The number of carbonyl (C=O) groups excluding carboxylic acids is 1. The fourth-order valence-corrected chi connectivity index (χ4v) is 2.56. The van der Waals surface area contributed by atoms with E-state index in [4.69, 9.17) is 9.84 Å². The molecular weight excluding hydrogens is 276 g/mol. The molecule has 0 radical (unpaired) electrons. The Morgan fingerprint density at radius 3 is 2.71 bits per heavy atom. The van der Waals surface area contributed by atoms with Crippen LogP contribution in [0, 0.1) is 11.8 Å². The van der Waals surface area contributed by atoms with Crippen LogP contribution in [0.4, 0.5) is 4.79 Å². The summed E-state index contributed by atoms with van der Waals surface area (Å²) >= 11 is 0. The maximum Gasteiger partial charge on any atom is 0.317 e. The van der Waals surface area contributed by atoms with Crippen LogP contribution >= 0.6 is 0 Å². The van der Waals surface area contributed by atoms with Crippen molar-refractivity contribution in [3.05, 3.63) is 0 Å². The number of hydrogen-bond acceptors (Lipinski definition) is 4. The summed E-state index contributed by atoms with van der Waals surface area (Å²) in [5.41, 5.74) is 0. The predicted octanol–water partition coefficient (Wildman–Crippen LogP) is 0.526. The van der Waals surface area contributed by atoms with Gasteiger partial charge in [-0.1, -0.05) is 13.8 Å². The lowest BCUT2D eigenvalue weighted by atomic mass is 9.94. The molecule has 3 N–H and O–H groups in total. The van der Waals surface area contributed by atoms with E-state index >= 15 is 0 Å². The molecule has 1 heterocycles. The van der Waals surface area contributed by atoms with Crippen LogP contribution in [-0.2, 0) is 9.53 Å². The van der Waals surface area contributed by atoms with Crippen molar-refractivity contribution >= 4 is 12.0 Å². The molecule has 2 amide bonds. The van der Waals surface area contributed by atoms with Crippen molar-refractivity contribution in [2.24, 2.45) is 11.8 Å². The van der Waals surface area contributed by atoms with Crippen molar-refractivity contribution in [3.8, 4) is 0 Å². The molecule has 0 saturated carbocycles. The fraction of sp³-hybridized carbons (Fsp3) is 0.857. The monoisotopic (exact) mass is 302 g/mol. The zero-order valence-corrected chi connectivity index (χ0v) is 12.7. The van der Waals surface area contributed by atoms with E-state index in [0.717, 1.165) is 6.42 Å². The summed E-state index contributed by atoms with van der Waals surface area (Å²) in [6.45, 7) is 5.46. The number of aliphatic hydroxyl groups is 1. The maximum atomic E-state index is 12.1. The highest BCUT2D eigenvalue weighted by molar-refractivity contribution is 5.74. The number of carboxylic acids is 1. The van der Waals surface area contributed by atoms with Gasteiger partial charge in [-0.25, -0.2) is 4.79 Å². The molecule has 1 aliphatic rings. The lowest BCUT2D eigenvalue weighted by Gasteiger charge is -2.34. The number of nitrogens with zero attached hydrogens (tertiary/aromatic N) is 1. The number of rotatable bonds is 7. The SMILES string of the molecule is CC(C)CC(CNC(=O)N1CCOCC1CO)CC(=O)O. The van der Waals surface area contributed by atoms with E-state index in [1.165, 1.54) is 0 Å². The molecule has 2 unspecified atom stereocenters. The van der Waals surface area contributed by atoms with Crippen LogP contribution < -0.4 is 5.32 Å². The minimum absolute atomic E-state index is 0.0466. The second kappa shape index (κ2) is 8.84. The highest BCUT2D eigenvalue weighted by Crippen LogP contribution is 2.15. The first-order valence-corrected chi connectivity index (χ1v) is 7.38. The Bertz CT molecular complexity index is 348. The minimum atomic E-state index is -0.852. The second-order valence-corrected chi connectivity index (χ2v) is 5.88. The Balaban J connectivity index is 2.49. The van der Waals surface area contributed by atoms with E-state index in [9.17, 15) is 14.7 Å². The molecule has 2 atom stereocenters. The smallest absolute Gasteiger partial charge is 0.317 e. The van der Waals surface area contributed by atoms with Crippen molar-refractivity contribution in [1.29, 1.82) is 0 Å². The summed E-state index contributed by atoms with van der Waals surface area (Å²) in [5, 5.41) is 20.9. The van der Waals surface area contributed by atoms with Crippen molar-refractivity contribution < 1.29 is 24.5 Å². The normalized spacial score (nSPS) is 20.4. The van der Waals surface area contributed by atoms with Gasteiger partial charge < -0.3 is 25.2 Å². The van der Waals surface area contributed by atoms with Gasteiger partial charge in [-0.3, -0.25) is 4.79 Å². The fourth-order valence-electron chi connectivity index (χ4n) is 2.56. The molecule has 0 bridgehead atoms. The second-order valence-electron chi connectivity index (χ2n) is 5.88. The first-order chi connectivity index (χ1) is 9.93. The molecule has 122 valence electrons. The number of hydrogen-bond donors (Lipinski definition) is 3. The van der Waals surface area contributed by atoms with Gasteiger partial charge in [0.15, 0.2) is 0 Å². The third-order valence-electron chi connectivity index (χ3n) is 3.51. The van der Waals surface area contributed by atoms with Crippen LogP contribution in [0.1, 0.15) is 26.7 Å². The average Bonchev–Trinajstić information content (AvgIpc) is 2.43. The summed E-state index contributed by atoms with van der Waals surface area (Å²) in [6.07, 6.45) is 0.796. The standard InChI is InChI=1S/C14H26N2O5/c1-10(2)5-11(6-13(18)19)7-15-14(20)16-3-4-21-9-12(16)8-17/h10-12,17H,3-9H2,1-2H3,(H,15,20)(H,18,19). The number of nitrogens with one attached hydrogen (secondary N) is 1. The number of aliphatic hydroxyl groups excluding tert-OH is 1. The minimum Gasteiger partial charge on any atom is -0.481 e. The number of morpholine rings is 1. The summed E-state index contributed by atoms with van der Waals surface area (Å²) < 4.78 is 5.22. The Hall–Kier alpha value is -1.34. The lowest BCUT2D eigenvalue weighted by molar-refractivity contribution is -0.138. The highest BCUT2D eigenvalue weighted by atomic mass is 16.5. The number of ether oxygens (including phenoxy) is 1. The van der Waals surface area contributed by atoms with Gasteiger partial charge in [0.1, 0.15) is 0 Å². The molecule has 7 nitrogen and oxygen atoms in total. The molecule has 0 aromatic rings. The third kappa shape index (κ3) is 6.31. The molecule has 21 heavy (non-hydrogen) atoms. The van der Waals surface area contributed by atoms with E-state index in [1.807, 2.05) is 13.8 Å². The Morgan fingerprint density at radius 2 is 2.14 bits per heavy atom. The van der Waals surface area contributed by atoms with Gasteiger partial charge in [0.2, 0.25) is 0 Å². The van der Waals surface area contributed by atoms with Crippen molar-refractivity contribution in [3.63, 3.8) is 0 Å². The molecule has 7 heteroatoms. The van der Waals surface area contributed by atoms with Gasteiger partial charge in [0.05, 0.1) is 25.9 Å². The van der Waals surface area contributed by atoms with Crippen LogP contribution in [0.25, 0.3) is 0 Å². The molecule has 0 aromatic carbocycles. The number of amides is 2. The van der Waals surface area contributed by atoms with Gasteiger partial charge in [-0.05, 0) is 18.3 Å². The van der Waals surface area contributed by atoms with Crippen LogP contribution in [-0.4, -0.2) is 66.1 Å². The van der Waals surface area contributed by atoms with Crippen LogP contribution in [0.15, 0.2) is 0 Å².